The van der Waals surface area contributed by atoms with Crippen LogP contribution in [0.15, 0.2) is 98.4 Å². The van der Waals surface area contributed by atoms with Gasteiger partial charge in [-0.1, -0.05) is 12.1 Å². The lowest BCUT2D eigenvalue weighted by molar-refractivity contribution is -0.671. The Bertz CT molecular complexity index is 2380. The number of aromatic nitrogens is 6. The highest BCUT2D eigenvalue weighted by Crippen LogP contribution is 2.26. The van der Waals surface area contributed by atoms with Gasteiger partial charge in [0.05, 0.1) is 75.0 Å². The van der Waals surface area contributed by atoms with Crippen molar-refractivity contribution in [2.45, 2.75) is 33.1 Å². The first kappa shape index (κ1) is 48.8. The minimum absolute atomic E-state index is 0.161. The molecule has 0 aliphatic heterocycles. The molecule has 6 rings (SSSR count). The number of anilines is 1. The minimum atomic E-state index is -3.92. The van der Waals surface area contributed by atoms with Gasteiger partial charge in [-0.3, -0.25) is 14.7 Å². The van der Waals surface area contributed by atoms with Crippen molar-refractivity contribution in [3.8, 4) is 0 Å². The number of aliphatic hydroxyl groups is 1. The molecule has 56 heavy (non-hydrogen) atoms. The molecule has 6 aromatic rings. The molecule has 4 heterocycles. The molecule has 0 aliphatic rings. The fourth-order valence-corrected chi connectivity index (χ4v) is 4.72. The van der Waals surface area contributed by atoms with Crippen LogP contribution in [-0.2, 0) is 70.6 Å². The number of nitrogens with two attached hydrogens (primary N) is 1. The third-order valence-electron chi connectivity index (χ3n) is 6.68. The predicted molar refractivity (Wildman–Crippen MR) is 208 cm³/mol. The quantitative estimate of drug-likeness (QED) is 0.0672. The number of nitrogen functional groups attached to an aromatic ring is 1. The molecule has 0 amide bonds. The smallest absolute Gasteiger partial charge is 0.278 e. The average Bonchev–Trinajstić information content (AvgIpc) is 3.85. The summed E-state index contributed by atoms with van der Waals surface area (Å²) in [5.74, 6) is 0. The molecule has 0 spiro atoms. The molecule has 310 valence electrons. The normalized spacial score (nSPS) is 11.0. The van der Waals surface area contributed by atoms with E-state index in [9.17, 15) is 18.5 Å². The summed E-state index contributed by atoms with van der Waals surface area (Å²) in [4.78, 5) is 10.7. The third-order valence-corrected chi connectivity index (χ3v) is 6.68. The Balaban J connectivity index is 0.000000395. The van der Waals surface area contributed by atoms with E-state index in [2.05, 4.69) is 44.6 Å². The maximum Gasteiger partial charge on any atom is 0.278 e. The fourth-order valence-electron chi connectivity index (χ4n) is 4.72. The Morgan fingerprint density at radius 1 is 0.696 bits per heavy atom. The van der Waals surface area contributed by atoms with Crippen LogP contribution >= 0.6 is 0 Å². The highest BCUT2D eigenvalue weighted by Gasteiger charge is 2.14. The number of nitro benzene ring substituents is 1. The lowest BCUT2D eigenvalue weighted by Crippen LogP contribution is -2.24. The predicted octanol–water partition coefficient (Wildman–Crippen LogP) is 1.25. The molecule has 0 saturated carbocycles. The number of nitrogens with zero attached hydrogens (tertiary/aromatic N) is 7. The molecule has 0 radical (unpaired) electrons. The Kier molecular flexibility index (Phi) is 19.5. The van der Waals surface area contributed by atoms with Crippen LogP contribution in [-0.4, -0.2) is 92.6 Å². The first-order valence-electron chi connectivity index (χ1n) is 16.2. The van der Waals surface area contributed by atoms with E-state index < -0.39 is 30.4 Å². The Morgan fingerprint density at radius 2 is 1.05 bits per heavy atom. The van der Waals surface area contributed by atoms with Crippen LogP contribution in [0.3, 0.4) is 0 Å². The summed E-state index contributed by atoms with van der Waals surface area (Å²) in [6.45, 7) is 5.44. The summed E-state index contributed by atoms with van der Waals surface area (Å²) < 4.78 is 92.9. The van der Waals surface area contributed by atoms with E-state index in [4.69, 9.17) is 41.3 Å². The van der Waals surface area contributed by atoms with Crippen LogP contribution in [0.2, 0.25) is 0 Å². The molecule has 4 N–H and O–H groups in total. The summed E-state index contributed by atoms with van der Waals surface area (Å²) in [7, 11) is -7.49. The molecule has 20 nitrogen and oxygen atoms in total. The van der Waals surface area contributed by atoms with Crippen molar-refractivity contribution in [2.24, 2.45) is 14.1 Å². The molecule has 0 bridgehead atoms. The lowest BCUT2D eigenvalue weighted by Gasteiger charge is -2.04. The Labute approximate surface area is 325 Å². The molecular weight excluding hydrogens is 797 g/mol. The average molecular weight is 845 g/mol. The minimum Gasteiger partial charge on any atom is -0.748 e. The van der Waals surface area contributed by atoms with E-state index in [0.29, 0.717) is 24.2 Å². The van der Waals surface area contributed by atoms with Crippen molar-refractivity contribution < 1.29 is 58.1 Å². The molecular formula is C33H48N8O12S3. The van der Waals surface area contributed by atoms with Crippen LogP contribution in [0.25, 0.3) is 21.8 Å². The van der Waals surface area contributed by atoms with Crippen LogP contribution in [0.5, 0.6) is 0 Å². The maximum atomic E-state index is 11.0. The van der Waals surface area contributed by atoms with Gasteiger partial charge in [0.15, 0.2) is 0 Å². The number of aryl methyl sites for hydroxylation is 6. The van der Waals surface area contributed by atoms with Gasteiger partial charge in [0.25, 0.3) is 15.8 Å². The Morgan fingerprint density at radius 3 is 1.41 bits per heavy atom. The number of rotatable bonds is 7. The number of non-ortho nitro benzene ring substituents is 1. The van der Waals surface area contributed by atoms with Gasteiger partial charge in [-0.25, -0.2) is 35.1 Å². The van der Waals surface area contributed by atoms with Gasteiger partial charge in [0.2, 0.25) is 12.7 Å². The van der Waals surface area contributed by atoms with Gasteiger partial charge in [-0.05, 0) is 37.3 Å². The SMILES string of the molecule is CCO.CS(=O)(=O)O.CS(=O)(=O)[O-].CS(=O)(=O)[O-].C[n+]1ccn(CCn2ccc3c(N)cccc32)c1.C[n+]1ccn(CCn2ccc3c([N+](=O)[O-])cccc32)c1. The zero-order chi connectivity index (χ0) is 42.9. The number of aliphatic hydroxyl groups excluding tert-OH is 1. The van der Waals surface area contributed by atoms with Crippen LogP contribution in [0.4, 0.5) is 11.4 Å². The van der Waals surface area contributed by atoms with Crippen LogP contribution in [0, 0.1) is 10.1 Å². The largest absolute Gasteiger partial charge is 0.748 e. The molecule has 2 aromatic carbocycles. The highest BCUT2D eigenvalue weighted by atomic mass is 32.2. The van der Waals surface area contributed by atoms with E-state index in [1.54, 1.807) is 19.1 Å². The number of benzene rings is 2. The molecule has 0 fully saturated rings. The van der Waals surface area contributed by atoms with E-state index in [1.165, 1.54) is 5.52 Å². The standard InChI is InChI=1S/C14H15N4O2.C14H17N4.C2H6O.3CH4O3S/c1-15-7-8-16(11-15)9-10-17-6-5-12-13(17)3-2-4-14(12)18(19)20;1-16-7-8-17(11-16)9-10-18-6-5-12-13(15)3-2-4-14(12)18;1-2-3;3*1-5(2,3)4/h2-8,11H,9-10H2,1H3;2-8,11H,9-10,15H2,1H3;3H,2H2,1H3;3*1H3,(H,2,3,4)/q2*+1;;;;/p-2. The summed E-state index contributed by atoms with van der Waals surface area (Å²) in [5, 5.41) is 20.4. The van der Waals surface area contributed by atoms with Gasteiger partial charge in [-0.15, -0.1) is 0 Å². The van der Waals surface area contributed by atoms with Crippen molar-refractivity contribution in [1.82, 2.24) is 18.3 Å². The number of hydrogen-bond donors (Lipinski definition) is 3. The second kappa shape index (κ2) is 22.4. The number of hydrogen-bond acceptors (Lipinski definition) is 12. The van der Waals surface area contributed by atoms with E-state index in [0.717, 1.165) is 42.8 Å². The first-order chi connectivity index (χ1) is 25.8. The number of nitro groups is 1. The molecule has 0 atom stereocenters. The third kappa shape index (κ3) is 21.1. The summed E-state index contributed by atoms with van der Waals surface area (Å²) in [6, 6.07) is 15.1. The number of fused-ring (bicyclic) bond motifs is 2. The Hall–Kier alpha value is -5.17. The fraction of sp³-hybridized carbons (Fsp3) is 0.333. The van der Waals surface area contributed by atoms with Gasteiger partial charge in [-0.2, -0.15) is 8.42 Å². The monoisotopic (exact) mass is 844 g/mol. The van der Waals surface area contributed by atoms with Gasteiger partial charge in [0, 0.05) is 48.7 Å². The van der Waals surface area contributed by atoms with Crippen molar-refractivity contribution >= 4 is 63.5 Å². The second-order valence-electron chi connectivity index (χ2n) is 11.9. The molecule has 4 aromatic heterocycles. The summed E-state index contributed by atoms with van der Waals surface area (Å²) in [5.41, 5.74) is 9.06. The zero-order valence-corrected chi connectivity index (χ0v) is 34.1. The van der Waals surface area contributed by atoms with Gasteiger partial charge < -0.3 is 29.1 Å². The van der Waals surface area contributed by atoms with Crippen LogP contribution < -0.4 is 14.9 Å². The van der Waals surface area contributed by atoms with Crippen LogP contribution in [0.1, 0.15) is 6.92 Å². The maximum absolute atomic E-state index is 11.0. The molecule has 0 aliphatic carbocycles. The zero-order valence-electron chi connectivity index (χ0n) is 31.7. The van der Waals surface area contributed by atoms with Crippen molar-refractivity contribution in [1.29, 1.82) is 0 Å². The number of imidazole rings is 2. The highest BCUT2D eigenvalue weighted by molar-refractivity contribution is 7.85. The molecule has 0 unspecified atom stereocenters. The first-order valence-corrected chi connectivity index (χ1v) is 21.7. The summed E-state index contributed by atoms with van der Waals surface area (Å²) >= 11 is 0. The summed E-state index contributed by atoms with van der Waals surface area (Å²) in [6.07, 6.45) is 18.1. The van der Waals surface area contributed by atoms with Crippen molar-refractivity contribution in [3.05, 3.63) is 108 Å². The van der Waals surface area contributed by atoms with E-state index >= 15 is 0 Å². The molecule has 0 saturated heterocycles. The second-order valence-corrected chi connectivity index (χ2v) is 16.1. The van der Waals surface area contributed by atoms with Gasteiger partial charge >= 0.3 is 0 Å². The van der Waals surface area contributed by atoms with Crippen molar-refractivity contribution in [3.63, 3.8) is 0 Å². The van der Waals surface area contributed by atoms with Gasteiger partial charge in [0.1, 0.15) is 37.9 Å². The molecule has 23 heteroatoms. The van der Waals surface area contributed by atoms with E-state index in [1.807, 2.05) is 83.2 Å². The van der Waals surface area contributed by atoms with Crippen molar-refractivity contribution in [2.75, 3.05) is 31.1 Å². The van der Waals surface area contributed by atoms with E-state index in [-0.39, 0.29) is 17.2 Å². The lowest BCUT2D eigenvalue weighted by atomic mass is 10.2. The topological polar surface area (TPSA) is 286 Å².